The third-order valence-electron chi connectivity index (χ3n) is 3.34. The van der Waals surface area contributed by atoms with E-state index in [1.165, 1.54) is 13.3 Å². The molecule has 0 aliphatic rings. The quantitative estimate of drug-likeness (QED) is 0.825. The van der Waals surface area contributed by atoms with Crippen LogP contribution in [0.1, 0.15) is 16.8 Å². The predicted molar refractivity (Wildman–Crippen MR) is 86.7 cm³/mol. The van der Waals surface area contributed by atoms with E-state index in [1.807, 2.05) is 0 Å². The van der Waals surface area contributed by atoms with Gasteiger partial charge in [-0.3, -0.25) is 14.6 Å². The maximum Gasteiger partial charge on any atom is 0.328 e. The van der Waals surface area contributed by atoms with Gasteiger partial charge in [0.15, 0.2) is 0 Å². The number of ether oxygens (including phenoxy) is 2. The molecule has 1 aromatic heterocycles. The third-order valence-corrected chi connectivity index (χ3v) is 3.75. The summed E-state index contributed by atoms with van der Waals surface area (Å²) in [7, 11) is 2.34. The van der Waals surface area contributed by atoms with Crippen molar-refractivity contribution in [2.75, 3.05) is 14.2 Å². The number of nitrogens with one attached hydrogen (secondary N) is 1. The van der Waals surface area contributed by atoms with Crippen molar-refractivity contribution in [2.24, 2.45) is 0 Å². The van der Waals surface area contributed by atoms with Crippen molar-refractivity contribution in [3.05, 3.63) is 41.0 Å². The largest absolute Gasteiger partial charge is 0.469 e. The lowest BCUT2D eigenvalue weighted by Gasteiger charge is -2.16. The summed E-state index contributed by atoms with van der Waals surface area (Å²) in [5.41, 5.74) is 0.729. The zero-order valence-electron chi connectivity index (χ0n) is 13.0. The van der Waals surface area contributed by atoms with E-state index in [0.29, 0.717) is 10.9 Å². The molecule has 7 nitrogen and oxygen atoms in total. The molecular formula is C16H15ClN2O5. The Labute approximate surface area is 142 Å². The first kappa shape index (κ1) is 17.7. The van der Waals surface area contributed by atoms with Crippen molar-refractivity contribution in [2.45, 2.75) is 12.5 Å². The third kappa shape index (κ3) is 3.80. The smallest absolute Gasteiger partial charge is 0.328 e. The summed E-state index contributed by atoms with van der Waals surface area (Å²) < 4.78 is 9.09. The standard InChI is InChI=1S/C16H15ClN2O5/c1-23-13(20)7-12(16(22)24-2)19-15(21)10-8-18-11-6-4-3-5-9(11)14(10)17/h3-6,8,12H,7H2,1-2H3,(H,19,21)/t12-/m0/s1. The minimum atomic E-state index is -1.18. The fourth-order valence-corrected chi connectivity index (χ4v) is 2.38. The zero-order chi connectivity index (χ0) is 17.7. The van der Waals surface area contributed by atoms with E-state index in [1.54, 1.807) is 24.3 Å². The first-order valence-corrected chi connectivity index (χ1v) is 7.34. The molecule has 0 saturated carbocycles. The van der Waals surface area contributed by atoms with E-state index in [0.717, 1.165) is 7.11 Å². The van der Waals surface area contributed by atoms with Gasteiger partial charge in [0.2, 0.25) is 0 Å². The molecule has 8 heteroatoms. The number of nitrogens with zero attached hydrogens (tertiary/aromatic N) is 1. The molecule has 0 unspecified atom stereocenters. The van der Waals surface area contributed by atoms with Gasteiger partial charge in [0.1, 0.15) is 6.04 Å². The van der Waals surface area contributed by atoms with Crippen LogP contribution in [0.4, 0.5) is 0 Å². The molecule has 0 aliphatic heterocycles. The molecule has 1 aromatic carbocycles. The average Bonchev–Trinajstić information content (AvgIpc) is 2.60. The van der Waals surface area contributed by atoms with E-state index >= 15 is 0 Å². The Kier molecular flexibility index (Phi) is 5.70. The van der Waals surface area contributed by atoms with Crippen molar-refractivity contribution >= 4 is 40.3 Å². The maximum atomic E-state index is 12.4. The van der Waals surface area contributed by atoms with Gasteiger partial charge in [-0.1, -0.05) is 29.8 Å². The molecule has 1 heterocycles. The number of aromatic nitrogens is 1. The molecule has 1 amide bonds. The minimum absolute atomic E-state index is 0.0918. The second kappa shape index (κ2) is 7.74. The lowest BCUT2D eigenvalue weighted by atomic mass is 10.1. The van der Waals surface area contributed by atoms with Crippen molar-refractivity contribution in [3.8, 4) is 0 Å². The highest BCUT2D eigenvalue weighted by Gasteiger charge is 2.26. The second-order valence-electron chi connectivity index (χ2n) is 4.83. The zero-order valence-corrected chi connectivity index (χ0v) is 13.8. The summed E-state index contributed by atoms with van der Waals surface area (Å²) in [4.78, 5) is 39.7. The molecule has 0 radical (unpaired) electrons. The Balaban J connectivity index is 2.28. The molecule has 24 heavy (non-hydrogen) atoms. The fraction of sp³-hybridized carbons (Fsp3) is 0.250. The van der Waals surface area contributed by atoms with Gasteiger partial charge in [-0.2, -0.15) is 0 Å². The molecule has 0 fully saturated rings. The number of carbonyl (C=O) groups excluding carboxylic acids is 3. The van der Waals surface area contributed by atoms with E-state index < -0.39 is 23.9 Å². The number of carbonyl (C=O) groups is 3. The topological polar surface area (TPSA) is 94.6 Å². The second-order valence-corrected chi connectivity index (χ2v) is 5.21. The Morgan fingerprint density at radius 1 is 1.21 bits per heavy atom. The van der Waals surface area contributed by atoms with Gasteiger partial charge < -0.3 is 14.8 Å². The van der Waals surface area contributed by atoms with E-state index in [4.69, 9.17) is 11.6 Å². The van der Waals surface area contributed by atoms with Crippen LogP contribution in [-0.2, 0) is 19.1 Å². The number of benzene rings is 1. The number of methoxy groups -OCH3 is 2. The Morgan fingerprint density at radius 2 is 1.92 bits per heavy atom. The summed E-state index contributed by atoms with van der Waals surface area (Å²) >= 11 is 6.26. The van der Waals surface area contributed by atoms with Crippen molar-refractivity contribution in [3.63, 3.8) is 0 Å². The SMILES string of the molecule is COC(=O)C[C@H](NC(=O)c1cnc2ccccc2c1Cl)C(=O)OC. The number of halogens is 1. The summed E-state index contributed by atoms with van der Waals surface area (Å²) in [6, 6.07) is 5.88. The molecule has 1 N–H and O–H groups in total. The van der Waals surface area contributed by atoms with Gasteiger partial charge in [0.25, 0.3) is 5.91 Å². The molecule has 2 rings (SSSR count). The number of fused-ring (bicyclic) bond motifs is 1. The highest BCUT2D eigenvalue weighted by molar-refractivity contribution is 6.38. The van der Waals surface area contributed by atoms with Gasteiger partial charge in [-0.25, -0.2) is 4.79 Å². The highest BCUT2D eigenvalue weighted by atomic mass is 35.5. The number of hydrogen-bond donors (Lipinski definition) is 1. The van der Waals surface area contributed by atoms with Crippen LogP contribution in [0.3, 0.4) is 0 Å². The van der Waals surface area contributed by atoms with Crippen LogP contribution < -0.4 is 5.32 Å². The van der Waals surface area contributed by atoms with Crippen molar-refractivity contribution in [1.29, 1.82) is 0 Å². The summed E-state index contributed by atoms with van der Waals surface area (Å²) in [6.45, 7) is 0. The van der Waals surface area contributed by atoms with Crippen molar-refractivity contribution < 1.29 is 23.9 Å². The molecule has 0 saturated heterocycles. The molecule has 126 valence electrons. The molecule has 0 bridgehead atoms. The maximum absolute atomic E-state index is 12.4. The Bertz CT molecular complexity index is 793. The molecule has 0 aliphatic carbocycles. The number of pyridine rings is 1. The number of para-hydroxylation sites is 1. The molecular weight excluding hydrogens is 336 g/mol. The summed E-state index contributed by atoms with van der Waals surface area (Å²) in [5, 5.41) is 3.23. The molecule has 0 spiro atoms. The highest BCUT2D eigenvalue weighted by Crippen LogP contribution is 2.25. The summed E-state index contributed by atoms with van der Waals surface area (Å²) in [5.74, 6) is -2.07. The van der Waals surface area contributed by atoms with Crippen LogP contribution in [0.2, 0.25) is 5.02 Å². The van der Waals surface area contributed by atoms with E-state index in [-0.39, 0.29) is 17.0 Å². The van der Waals surface area contributed by atoms with Gasteiger partial charge >= 0.3 is 11.9 Å². The van der Waals surface area contributed by atoms with Gasteiger partial charge in [0.05, 0.1) is 36.7 Å². The Morgan fingerprint density at radius 3 is 2.58 bits per heavy atom. The number of hydrogen-bond acceptors (Lipinski definition) is 6. The fourth-order valence-electron chi connectivity index (χ4n) is 2.09. The van der Waals surface area contributed by atoms with Crippen molar-refractivity contribution in [1.82, 2.24) is 10.3 Å². The van der Waals surface area contributed by atoms with Crippen LogP contribution in [0.15, 0.2) is 30.5 Å². The lowest BCUT2D eigenvalue weighted by molar-refractivity contribution is -0.149. The van der Waals surface area contributed by atoms with Crippen LogP contribution >= 0.6 is 11.6 Å². The minimum Gasteiger partial charge on any atom is -0.469 e. The summed E-state index contributed by atoms with van der Waals surface area (Å²) in [6.07, 6.45) is 0.958. The van der Waals surface area contributed by atoms with E-state index in [2.05, 4.69) is 19.8 Å². The molecule has 2 aromatic rings. The van der Waals surface area contributed by atoms with Gasteiger partial charge in [-0.05, 0) is 6.07 Å². The average molecular weight is 351 g/mol. The predicted octanol–water partition coefficient (Wildman–Crippen LogP) is 1.72. The molecule has 1 atom stereocenters. The van der Waals surface area contributed by atoms with Crippen LogP contribution in [-0.4, -0.2) is 43.1 Å². The number of rotatable bonds is 5. The van der Waals surface area contributed by atoms with Gasteiger partial charge in [-0.15, -0.1) is 0 Å². The monoisotopic (exact) mass is 350 g/mol. The first-order valence-electron chi connectivity index (χ1n) is 6.96. The number of amides is 1. The van der Waals surface area contributed by atoms with Crippen LogP contribution in [0, 0.1) is 0 Å². The lowest BCUT2D eigenvalue weighted by Crippen LogP contribution is -2.43. The van der Waals surface area contributed by atoms with Gasteiger partial charge in [0, 0.05) is 11.6 Å². The Hall–Kier alpha value is -2.67. The van der Waals surface area contributed by atoms with Crippen LogP contribution in [0.5, 0.6) is 0 Å². The normalized spacial score (nSPS) is 11.6. The van der Waals surface area contributed by atoms with Crippen LogP contribution in [0.25, 0.3) is 10.9 Å². The first-order chi connectivity index (χ1) is 11.5. The number of esters is 2. The van der Waals surface area contributed by atoms with E-state index in [9.17, 15) is 14.4 Å².